The molecule has 0 spiro atoms. The van der Waals surface area contributed by atoms with Gasteiger partial charge in [-0.25, -0.2) is 0 Å². The maximum absolute atomic E-state index is 11.4. The van der Waals surface area contributed by atoms with E-state index in [1.54, 1.807) is 11.3 Å². The summed E-state index contributed by atoms with van der Waals surface area (Å²) >= 11 is 1.60. The molecule has 1 unspecified atom stereocenters. The van der Waals surface area contributed by atoms with Gasteiger partial charge in [-0.05, 0) is 45.0 Å². The van der Waals surface area contributed by atoms with E-state index in [-0.39, 0.29) is 0 Å². The molecule has 1 N–H and O–H groups in total. The van der Waals surface area contributed by atoms with Gasteiger partial charge in [0.15, 0.2) is 0 Å². The molecule has 1 atom stereocenters. The summed E-state index contributed by atoms with van der Waals surface area (Å²) in [7, 11) is 0. The van der Waals surface area contributed by atoms with Crippen molar-refractivity contribution in [3.8, 4) is 0 Å². The van der Waals surface area contributed by atoms with Crippen molar-refractivity contribution in [1.82, 2.24) is 4.90 Å². The van der Waals surface area contributed by atoms with Gasteiger partial charge in [-0.15, -0.1) is 11.3 Å². The van der Waals surface area contributed by atoms with Gasteiger partial charge in [0.2, 0.25) is 0 Å². The summed E-state index contributed by atoms with van der Waals surface area (Å²) in [6.45, 7) is 3.84. The van der Waals surface area contributed by atoms with Gasteiger partial charge in [-0.2, -0.15) is 0 Å². The minimum Gasteiger partial charge on any atom is -0.480 e. The zero-order chi connectivity index (χ0) is 11.5. The molecule has 2 heterocycles. The van der Waals surface area contributed by atoms with Crippen LogP contribution in [0.1, 0.15) is 35.1 Å². The number of likely N-dealkylation sites (tertiary alicyclic amines) is 1. The minimum absolute atomic E-state index is 0.431. The second-order valence-electron chi connectivity index (χ2n) is 4.29. The lowest BCUT2D eigenvalue weighted by Gasteiger charge is -2.31. The summed E-state index contributed by atoms with van der Waals surface area (Å²) in [6.07, 6.45) is 3.47. The summed E-state index contributed by atoms with van der Waals surface area (Å²) in [5.41, 5.74) is 0. The molecule has 1 aromatic rings. The van der Waals surface area contributed by atoms with Gasteiger partial charge >= 0.3 is 5.97 Å². The van der Waals surface area contributed by atoms with Crippen LogP contribution < -0.4 is 0 Å². The zero-order valence-corrected chi connectivity index (χ0v) is 10.3. The quantitative estimate of drug-likeness (QED) is 0.881. The highest BCUT2D eigenvalue weighted by Crippen LogP contribution is 2.29. The fraction of sp³-hybridized carbons (Fsp3) is 0.583. The molecule has 3 nitrogen and oxygen atoms in total. The molecule has 2 rings (SSSR count). The Labute approximate surface area is 99.7 Å². The van der Waals surface area contributed by atoms with E-state index in [4.69, 9.17) is 0 Å². The average molecular weight is 239 g/mol. The predicted octanol–water partition coefficient (Wildman–Crippen LogP) is 2.67. The summed E-state index contributed by atoms with van der Waals surface area (Å²) < 4.78 is 0. The van der Waals surface area contributed by atoms with Gasteiger partial charge in [0.25, 0.3) is 0 Å². The number of hydrogen-bond donors (Lipinski definition) is 1. The Balaban J connectivity index is 2.19. The molecule has 4 heteroatoms. The number of carboxylic acids is 1. The van der Waals surface area contributed by atoms with Crippen LogP contribution >= 0.6 is 11.3 Å². The summed E-state index contributed by atoms with van der Waals surface area (Å²) in [5.74, 6) is -0.719. The highest BCUT2D eigenvalue weighted by atomic mass is 32.1. The maximum atomic E-state index is 11.4. The SMILES string of the molecule is Cc1ccc(C(C(=O)O)N2CCCCC2)s1. The van der Waals surface area contributed by atoms with Gasteiger partial charge in [-0.3, -0.25) is 9.69 Å². The molecule has 1 aliphatic rings. The number of carboxylic acid groups (broad SMARTS) is 1. The van der Waals surface area contributed by atoms with Crippen molar-refractivity contribution in [1.29, 1.82) is 0 Å². The largest absolute Gasteiger partial charge is 0.480 e. The number of aliphatic carboxylic acids is 1. The van der Waals surface area contributed by atoms with E-state index in [1.807, 2.05) is 19.1 Å². The Hall–Kier alpha value is -0.870. The predicted molar refractivity (Wildman–Crippen MR) is 64.9 cm³/mol. The topological polar surface area (TPSA) is 40.5 Å². The van der Waals surface area contributed by atoms with Crippen LogP contribution in [0.2, 0.25) is 0 Å². The lowest BCUT2D eigenvalue weighted by Crippen LogP contribution is -2.37. The smallest absolute Gasteiger partial charge is 0.326 e. The van der Waals surface area contributed by atoms with Crippen LogP contribution in [0.5, 0.6) is 0 Å². The van der Waals surface area contributed by atoms with E-state index < -0.39 is 12.0 Å². The Bertz CT molecular complexity index is 369. The van der Waals surface area contributed by atoms with E-state index >= 15 is 0 Å². The molecular weight excluding hydrogens is 222 g/mol. The van der Waals surface area contributed by atoms with E-state index in [9.17, 15) is 9.90 Å². The van der Waals surface area contributed by atoms with E-state index in [2.05, 4.69) is 4.90 Å². The van der Waals surface area contributed by atoms with Crippen molar-refractivity contribution >= 4 is 17.3 Å². The van der Waals surface area contributed by atoms with Gasteiger partial charge in [0.05, 0.1) is 0 Å². The lowest BCUT2D eigenvalue weighted by molar-refractivity contribution is -0.143. The number of carbonyl (C=O) groups is 1. The van der Waals surface area contributed by atoms with Crippen LogP contribution in [-0.4, -0.2) is 29.1 Å². The molecule has 0 bridgehead atoms. The van der Waals surface area contributed by atoms with Crippen LogP contribution in [0, 0.1) is 6.92 Å². The number of nitrogens with zero attached hydrogens (tertiary/aromatic N) is 1. The van der Waals surface area contributed by atoms with E-state index in [0.717, 1.165) is 30.8 Å². The third-order valence-electron chi connectivity index (χ3n) is 3.02. The van der Waals surface area contributed by atoms with Crippen LogP contribution in [0.25, 0.3) is 0 Å². The van der Waals surface area contributed by atoms with Gasteiger partial charge in [-0.1, -0.05) is 6.42 Å². The van der Waals surface area contributed by atoms with Gasteiger partial charge in [0, 0.05) is 9.75 Å². The number of thiophene rings is 1. The standard InChI is InChI=1S/C12H17NO2S/c1-9-5-6-10(16-9)11(12(14)15)13-7-3-2-4-8-13/h5-6,11H,2-4,7-8H2,1H3,(H,14,15). The van der Waals surface area contributed by atoms with Crippen LogP contribution in [0.4, 0.5) is 0 Å². The third kappa shape index (κ3) is 2.44. The fourth-order valence-corrected chi connectivity index (χ4v) is 3.24. The van der Waals surface area contributed by atoms with Crippen molar-refractivity contribution in [2.75, 3.05) is 13.1 Å². The molecular formula is C12H17NO2S. The van der Waals surface area contributed by atoms with Crippen LogP contribution in [0.3, 0.4) is 0 Å². The highest BCUT2D eigenvalue weighted by molar-refractivity contribution is 7.12. The summed E-state index contributed by atoms with van der Waals surface area (Å²) in [4.78, 5) is 15.6. The first-order valence-corrected chi connectivity index (χ1v) is 6.53. The van der Waals surface area contributed by atoms with Crippen molar-refractivity contribution in [3.63, 3.8) is 0 Å². The molecule has 0 aromatic carbocycles. The summed E-state index contributed by atoms with van der Waals surface area (Å²) in [5, 5.41) is 9.35. The van der Waals surface area contributed by atoms with E-state index in [1.165, 1.54) is 11.3 Å². The molecule has 1 aliphatic heterocycles. The molecule has 1 fully saturated rings. The first-order valence-electron chi connectivity index (χ1n) is 5.71. The minimum atomic E-state index is -0.719. The Morgan fingerprint density at radius 2 is 2.06 bits per heavy atom. The second kappa shape index (κ2) is 4.97. The molecule has 0 amide bonds. The average Bonchev–Trinajstić information content (AvgIpc) is 2.66. The lowest BCUT2D eigenvalue weighted by atomic mass is 10.1. The first-order chi connectivity index (χ1) is 7.68. The normalized spacial score (nSPS) is 19.6. The van der Waals surface area contributed by atoms with Crippen molar-refractivity contribution in [2.24, 2.45) is 0 Å². The molecule has 0 aliphatic carbocycles. The van der Waals surface area contributed by atoms with Crippen molar-refractivity contribution in [2.45, 2.75) is 32.2 Å². The number of rotatable bonds is 3. The number of aryl methyl sites for hydroxylation is 1. The Morgan fingerprint density at radius 3 is 2.56 bits per heavy atom. The molecule has 0 saturated carbocycles. The monoisotopic (exact) mass is 239 g/mol. The summed E-state index contributed by atoms with van der Waals surface area (Å²) in [6, 6.07) is 3.52. The molecule has 0 radical (unpaired) electrons. The Morgan fingerprint density at radius 1 is 1.38 bits per heavy atom. The molecule has 1 saturated heterocycles. The van der Waals surface area contributed by atoms with E-state index in [0.29, 0.717) is 0 Å². The fourth-order valence-electron chi connectivity index (χ4n) is 2.23. The zero-order valence-electron chi connectivity index (χ0n) is 9.48. The van der Waals surface area contributed by atoms with Gasteiger partial charge < -0.3 is 5.11 Å². The van der Waals surface area contributed by atoms with Crippen LogP contribution in [0.15, 0.2) is 12.1 Å². The van der Waals surface area contributed by atoms with Gasteiger partial charge in [0.1, 0.15) is 6.04 Å². The Kier molecular flexibility index (Phi) is 3.61. The highest BCUT2D eigenvalue weighted by Gasteiger charge is 2.29. The van der Waals surface area contributed by atoms with Crippen LogP contribution in [-0.2, 0) is 4.79 Å². The number of piperidine rings is 1. The molecule has 88 valence electrons. The third-order valence-corrected chi connectivity index (χ3v) is 4.07. The first kappa shape index (κ1) is 11.6. The molecule has 1 aromatic heterocycles. The van der Waals surface area contributed by atoms with Crippen molar-refractivity contribution < 1.29 is 9.90 Å². The molecule has 16 heavy (non-hydrogen) atoms. The van der Waals surface area contributed by atoms with Crippen molar-refractivity contribution in [3.05, 3.63) is 21.9 Å². The second-order valence-corrected chi connectivity index (χ2v) is 5.61. The maximum Gasteiger partial charge on any atom is 0.326 e. The number of hydrogen-bond acceptors (Lipinski definition) is 3.